The number of sulfonamides is 1. The van der Waals surface area contributed by atoms with Crippen LogP contribution in [0.5, 0.6) is 0 Å². The van der Waals surface area contributed by atoms with Gasteiger partial charge in [0.1, 0.15) is 11.5 Å². The fraction of sp³-hybridized carbons (Fsp3) is 0.0556. The monoisotopic (exact) mass is 419 g/mol. The Kier molecular flexibility index (Phi) is 5.48. The number of furan rings is 1. The van der Waals surface area contributed by atoms with Crippen LogP contribution in [0.2, 0.25) is 5.02 Å². The lowest BCUT2D eigenvalue weighted by Gasteiger charge is -2.03. The number of hydrogen-bond donors (Lipinski definition) is 1. The molecule has 0 spiro atoms. The Morgan fingerprint density at radius 1 is 1.14 bits per heavy atom. The standard InChI is InChI=1S/C18H14ClN3O5S/c1-12-2-6-15(7-3-12)28(25,26)21-20-11-14-5-9-18(27-14)16-8-4-13(22(23)24)10-17(16)19/h2-11,21H,1H3/b20-11-. The van der Waals surface area contributed by atoms with Crippen LogP contribution < -0.4 is 4.83 Å². The second-order valence-electron chi connectivity index (χ2n) is 5.79. The molecule has 0 atom stereocenters. The zero-order chi connectivity index (χ0) is 20.3. The van der Waals surface area contributed by atoms with E-state index in [0.717, 1.165) is 5.56 Å². The molecule has 1 heterocycles. The number of non-ortho nitro benzene ring substituents is 1. The number of rotatable bonds is 6. The van der Waals surface area contributed by atoms with E-state index >= 15 is 0 Å². The van der Waals surface area contributed by atoms with E-state index in [-0.39, 0.29) is 21.4 Å². The molecule has 10 heteroatoms. The molecule has 0 unspecified atom stereocenters. The van der Waals surface area contributed by atoms with E-state index in [1.165, 1.54) is 36.5 Å². The summed E-state index contributed by atoms with van der Waals surface area (Å²) in [4.78, 5) is 12.4. The average molecular weight is 420 g/mol. The van der Waals surface area contributed by atoms with E-state index in [1.807, 2.05) is 6.92 Å². The molecule has 1 N–H and O–H groups in total. The summed E-state index contributed by atoms with van der Waals surface area (Å²) in [6.45, 7) is 1.85. The minimum absolute atomic E-state index is 0.0908. The molecule has 28 heavy (non-hydrogen) atoms. The number of nitrogens with zero attached hydrogens (tertiary/aromatic N) is 2. The van der Waals surface area contributed by atoms with Gasteiger partial charge in [-0.3, -0.25) is 10.1 Å². The first kappa shape index (κ1) is 19.6. The summed E-state index contributed by atoms with van der Waals surface area (Å²) >= 11 is 6.07. The smallest absolute Gasteiger partial charge is 0.276 e. The van der Waals surface area contributed by atoms with Gasteiger partial charge in [-0.2, -0.15) is 18.4 Å². The highest BCUT2D eigenvalue weighted by atomic mass is 35.5. The molecule has 0 saturated heterocycles. The van der Waals surface area contributed by atoms with Crippen molar-refractivity contribution in [2.24, 2.45) is 5.10 Å². The van der Waals surface area contributed by atoms with Crippen LogP contribution in [0.1, 0.15) is 11.3 Å². The quantitative estimate of drug-likeness (QED) is 0.366. The molecule has 144 valence electrons. The maximum atomic E-state index is 12.2. The Morgan fingerprint density at radius 2 is 1.86 bits per heavy atom. The summed E-state index contributed by atoms with van der Waals surface area (Å²) < 4.78 is 29.9. The first-order chi connectivity index (χ1) is 13.3. The summed E-state index contributed by atoms with van der Waals surface area (Å²) in [6, 6.07) is 13.5. The minimum atomic E-state index is -3.79. The number of benzene rings is 2. The first-order valence-corrected chi connectivity index (χ1v) is 9.78. The van der Waals surface area contributed by atoms with Crippen molar-refractivity contribution in [3.8, 4) is 11.3 Å². The van der Waals surface area contributed by atoms with Gasteiger partial charge < -0.3 is 4.42 Å². The van der Waals surface area contributed by atoms with Crippen LogP contribution >= 0.6 is 11.6 Å². The lowest BCUT2D eigenvalue weighted by Crippen LogP contribution is -2.18. The Hall–Kier alpha value is -3.17. The van der Waals surface area contributed by atoms with Crippen molar-refractivity contribution in [2.75, 3.05) is 0 Å². The summed E-state index contributed by atoms with van der Waals surface area (Å²) in [5.74, 6) is 0.638. The van der Waals surface area contributed by atoms with Crippen LogP contribution in [0, 0.1) is 17.0 Å². The molecule has 1 aromatic heterocycles. The number of hydrogen-bond acceptors (Lipinski definition) is 6. The van der Waals surface area contributed by atoms with Gasteiger partial charge in [0.15, 0.2) is 0 Å². The highest BCUT2D eigenvalue weighted by Gasteiger charge is 2.14. The molecule has 0 aliphatic carbocycles. The summed E-state index contributed by atoms with van der Waals surface area (Å²) in [5, 5.41) is 14.6. The van der Waals surface area contributed by atoms with Crippen LogP contribution in [0.3, 0.4) is 0 Å². The van der Waals surface area contributed by atoms with Crippen molar-refractivity contribution in [3.05, 3.63) is 81.1 Å². The number of nitro groups is 1. The van der Waals surface area contributed by atoms with Crippen molar-refractivity contribution >= 4 is 33.5 Å². The molecule has 8 nitrogen and oxygen atoms in total. The van der Waals surface area contributed by atoms with Crippen LogP contribution in [0.15, 0.2) is 69.0 Å². The van der Waals surface area contributed by atoms with Crippen LogP contribution in [0.4, 0.5) is 5.69 Å². The van der Waals surface area contributed by atoms with Crippen molar-refractivity contribution in [3.63, 3.8) is 0 Å². The zero-order valence-electron chi connectivity index (χ0n) is 14.5. The van der Waals surface area contributed by atoms with E-state index in [9.17, 15) is 18.5 Å². The lowest BCUT2D eigenvalue weighted by atomic mass is 10.1. The molecule has 0 radical (unpaired) electrons. The molecule has 0 saturated carbocycles. The third-order valence-corrected chi connectivity index (χ3v) is 5.30. The Morgan fingerprint density at radius 3 is 2.50 bits per heavy atom. The summed E-state index contributed by atoms with van der Waals surface area (Å²) in [6.07, 6.45) is 1.20. The van der Waals surface area contributed by atoms with Crippen LogP contribution in [-0.2, 0) is 10.0 Å². The molecule has 0 fully saturated rings. The number of nitro benzene ring substituents is 1. The lowest BCUT2D eigenvalue weighted by molar-refractivity contribution is -0.384. The highest BCUT2D eigenvalue weighted by molar-refractivity contribution is 7.89. The van der Waals surface area contributed by atoms with Crippen LogP contribution in [-0.4, -0.2) is 19.6 Å². The maximum Gasteiger partial charge on any atom is 0.276 e. The SMILES string of the molecule is Cc1ccc(S(=O)(=O)N/N=C\c2ccc(-c3ccc([N+](=O)[O-])cc3Cl)o2)cc1. The average Bonchev–Trinajstić information content (AvgIpc) is 3.10. The van der Waals surface area contributed by atoms with Gasteiger partial charge in [0.25, 0.3) is 15.7 Å². The topological polar surface area (TPSA) is 115 Å². The zero-order valence-corrected chi connectivity index (χ0v) is 16.1. The molecular formula is C18H14ClN3O5S. The van der Waals surface area contributed by atoms with Gasteiger partial charge in [-0.05, 0) is 37.3 Å². The first-order valence-electron chi connectivity index (χ1n) is 7.92. The van der Waals surface area contributed by atoms with Gasteiger partial charge in [-0.1, -0.05) is 29.3 Å². The summed E-state index contributed by atoms with van der Waals surface area (Å²) in [7, 11) is -3.79. The molecule has 0 aliphatic heterocycles. The summed E-state index contributed by atoms with van der Waals surface area (Å²) in [5.41, 5.74) is 1.27. The highest BCUT2D eigenvalue weighted by Crippen LogP contribution is 2.32. The van der Waals surface area contributed by atoms with Gasteiger partial charge in [0.05, 0.1) is 21.1 Å². The number of halogens is 1. The second kappa shape index (κ2) is 7.83. The largest absolute Gasteiger partial charge is 0.455 e. The third-order valence-electron chi connectivity index (χ3n) is 3.75. The van der Waals surface area contributed by atoms with Gasteiger partial charge in [0.2, 0.25) is 0 Å². The van der Waals surface area contributed by atoms with Crippen molar-refractivity contribution in [1.82, 2.24) is 4.83 Å². The molecule has 3 aromatic rings. The number of nitrogens with one attached hydrogen (secondary N) is 1. The Balaban J connectivity index is 1.74. The van der Waals surface area contributed by atoms with Crippen molar-refractivity contribution < 1.29 is 17.8 Å². The molecule has 3 rings (SSSR count). The molecule has 0 aliphatic rings. The van der Waals surface area contributed by atoms with E-state index < -0.39 is 14.9 Å². The predicted molar refractivity (Wildman–Crippen MR) is 105 cm³/mol. The van der Waals surface area contributed by atoms with Gasteiger partial charge >= 0.3 is 0 Å². The van der Waals surface area contributed by atoms with Crippen molar-refractivity contribution in [2.45, 2.75) is 11.8 Å². The van der Waals surface area contributed by atoms with Crippen LogP contribution in [0.25, 0.3) is 11.3 Å². The third kappa shape index (κ3) is 4.38. The molecular weight excluding hydrogens is 406 g/mol. The van der Waals surface area contributed by atoms with Gasteiger partial charge in [-0.25, -0.2) is 0 Å². The maximum absolute atomic E-state index is 12.2. The molecule has 0 bridgehead atoms. The molecule has 0 amide bonds. The number of aryl methyl sites for hydroxylation is 1. The van der Waals surface area contributed by atoms with Gasteiger partial charge in [-0.15, -0.1) is 0 Å². The predicted octanol–water partition coefficient (Wildman–Crippen LogP) is 4.13. The van der Waals surface area contributed by atoms with Gasteiger partial charge in [0, 0.05) is 17.7 Å². The molecule has 2 aromatic carbocycles. The Labute approximate surface area is 165 Å². The fourth-order valence-electron chi connectivity index (χ4n) is 2.31. The second-order valence-corrected chi connectivity index (χ2v) is 7.86. The Bertz CT molecular complexity index is 1150. The van der Waals surface area contributed by atoms with E-state index in [4.69, 9.17) is 16.0 Å². The minimum Gasteiger partial charge on any atom is -0.455 e. The normalized spacial score (nSPS) is 11.6. The van der Waals surface area contributed by atoms with E-state index in [2.05, 4.69) is 9.93 Å². The van der Waals surface area contributed by atoms with E-state index in [0.29, 0.717) is 11.3 Å². The van der Waals surface area contributed by atoms with E-state index in [1.54, 1.807) is 24.3 Å². The van der Waals surface area contributed by atoms with Crippen molar-refractivity contribution in [1.29, 1.82) is 0 Å². The fourth-order valence-corrected chi connectivity index (χ4v) is 3.37. The number of hydrazone groups is 1.